The van der Waals surface area contributed by atoms with Crippen molar-refractivity contribution in [2.24, 2.45) is 0 Å². The van der Waals surface area contributed by atoms with Crippen molar-refractivity contribution in [3.8, 4) is 0 Å². The third-order valence-electron chi connectivity index (χ3n) is 4.27. The molecule has 1 saturated carbocycles. The van der Waals surface area contributed by atoms with Crippen LogP contribution >= 0.6 is 11.8 Å². The molecule has 1 aliphatic carbocycles. The van der Waals surface area contributed by atoms with Crippen LogP contribution in [0, 0.1) is 0 Å². The van der Waals surface area contributed by atoms with Gasteiger partial charge in [-0.25, -0.2) is 9.97 Å². The first-order valence-electron chi connectivity index (χ1n) is 8.02. The molecule has 1 aliphatic heterocycles. The van der Waals surface area contributed by atoms with Gasteiger partial charge in [0.2, 0.25) is 5.91 Å². The summed E-state index contributed by atoms with van der Waals surface area (Å²) < 4.78 is 0. The molecule has 0 radical (unpaired) electrons. The molecule has 2 aliphatic rings. The Morgan fingerprint density at radius 3 is 2.82 bits per heavy atom. The molecule has 1 saturated heterocycles. The fourth-order valence-corrected chi connectivity index (χ4v) is 4.03. The molecule has 0 bridgehead atoms. The Morgan fingerprint density at radius 1 is 1.09 bits per heavy atom. The predicted molar refractivity (Wildman–Crippen MR) is 88.0 cm³/mol. The van der Waals surface area contributed by atoms with Gasteiger partial charge in [0.15, 0.2) is 0 Å². The monoisotopic (exact) mass is 313 g/mol. The maximum absolute atomic E-state index is 12.2. The highest BCUT2D eigenvalue weighted by Gasteiger charge is 2.29. The summed E-state index contributed by atoms with van der Waals surface area (Å²) in [6, 6.07) is 8.13. The molecule has 114 valence electrons. The Morgan fingerprint density at radius 2 is 1.95 bits per heavy atom. The lowest BCUT2D eigenvalue weighted by atomic mass is 10.2. The van der Waals surface area contributed by atoms with Gasteiger partial charge in [-0.2, -0.15) is 0 Å². The smallest absolute Gasteiger partial charge is 0.233 e. The molecule has 22 heavy (non-hydrogen) atoms. The number of benzene rings is 1. The van der Waals surface area contributed by atoms with E-state index in [1.54, 1.807) is 11.8 Å². The van der Waals surface area contributed by atoms with Gasteiger partial charge in [-0.15, -0.1) is 0 Å². The molecular formula is C17H19N3OS. The highest BCUT2D eigenvalue weighted by molar-refractivity contribution is 8.00. The quantitative estimate of drug-likeness (QED) is 0.884. The van der Waals surface area contributed by atoms with E-state index in [1.807, 2.05) is 18.2 Å². The summed E-state index contributed by atoms with van der Waals surface area (Å²) in [6.45, 7) is 0.799. The summed E-state index contributed by atoms with van der Waals surface area (Å²) in [6.07, 6.45) is 5.46. The van der Waals surface area contributed by atoms with E-state index in [4.69, 9.17) is 9.97 Å². The zero-order valence-corrected chi connectivity index (χ0v) is 13.2. The van der Waals surface area contributed by atoms with Crippen molar-refractivity contribution in [2.45, 2.75) is 48.3 Å². The molecule has 2 heterocycles. The number of nitrogens with one attached hydrogen (secondary N) is 1. The number of thioether (sulfide) groups is 1. The van der Waals surface area contributed by atoms with Gasteiger partial charge in [0.05, 0.1) is 10.8 Å². The molecule has 1 atom stereocenters. The second-order valence-corrected chi connectivity index (χ2v) is 7.26. The summed E-state index contributed by atoms with van der Waals surface area (Å²) in [7, 11) is 0. The lowest BCUT2D eigenvalue weighted by Gasteiger charge is -2.14. The number of carbonyl (C=O) groups is 1. The molecule has 1 amide bonds. The van der Waals surface area contributed by atoms with Crippen LogP contribution in [-0.2, 0) is 4.79 Å². The van der Waals surface area contributed by atoms with Gasteiger partial charge in [-0.3, -0.25) is 4.79 Å². The summed E-state index contributed by atoms with van der Waals surface area (Å²) in [5.41, 5.74) is 0.996. The van der Waals surface area contributed by atoms with Crippen LogP contribution in [0.15, 0.2) is 29.3 Å². The minimum Gasteiger partial charge on any atom is -0.355 e. The Hall–Kier alpha value is -1.62. The van der Waals surface area contributed by atoms with Crippen molar-refractivity contribution in [2.75, 3.05) is 6.54 Å². The highest BCUT2D eigenvalue weighted by Crippen LogP contribution is 2.40. The van der Waals surface area contributed by atoms with E-state index in [0.717, 1.165) is 47.6 Å². The summed E-state index contributed by atoms with van der Waals surface area (Å²) in [5, 5.41) is 5.01. The standard InChI is InChI=1S/C17H19N3OS/c21-16-14(7-3-4-10-18-16)22-17-12-5-1-2-6-13(12)19-15(20-17)11-8-9-11/h1-2,5-6,11,14H,3-4,7-10H2,(H,18,21)/t14-/m1/s1. The summed E-state index contributed by atoms with van der Waals surface area (Å²) in [5.74, 6) is 1.63. The van der Waals surface area contributed by atoms with Crippen LogP contribution in [0.2, 0.25) is 0 Å². The Kier molecular flexibility index (Phi) is 3.74. The van der Waals surface area contributed by atoms with E-state index in [1.165, 1.54) is 12.8 Å². The maximum Gasteiger partial charge on any atom is 0.233 e. The molecule has 2 aromatic rings. The zero-order chi connectivity index (χ0) is 14.9. The second-order valence-electron chi connectivity index (χ2n) is 6.07. The van der Waals surface area contributed by atoms with E-state index in [2.05, 4.69) is 11.4 Å². The number of hydrogen-bond donors (Lipinski definition) is 1. The van der Waals surface area contributed by atoms with E-state index < -0.39 is 0 Å². The number of para-hydroxylation sites is 1. The first-order chi connectivity index (χ1) is 10.8. The zero-order valence-electron chi connectivity index (χ0n) is 12.4. The number of carbonyl (C=O) groups excluding carboxylic acids is 1. The van der Waals surface area contributed by atoms with Crippen LogP contribution in [0.25, 0.3) is 10.9 Å². The molecule has 4 nitrogen and oxygen atoms in total. The number of nitrogens with zero attached hydrogens (tertiary/aromatic N) is 2. The van der Waals surface area contributed by atoms with Crippen molar-refractivity contribution in [3.05, 3.63) is 30.1 Å². The van der Waals surface area contributed by atoms with Gasteiger partial charge in [-0.05, 0) is 31.7 Å². The molecular weight excluding hydrogens is 294 g/mol. The van der Waals surface area contributed by atoms with E-state index in [-0.39, 0.29) is 11.2 Å². The number of hydrogen-bond acceptors (Lipinski definition) is 4. The fraction of sp³-hybridized carbons (Fsp3) is 0.471. The fourth-order valence-electron chi connectivity index (χ4n) is 2.84. The highest BCUT2D eigenvalue weighted by atomic mass is 32.2. The van der Waals surface area contributed by atoms with Crippen molar-refractivity contribution in [3.63, 3.8) is 0 Å². The van der Waals surface area contributed by atoms with Gasteiger partial charge in [0.1, 0.15) is 10.9 Å². The van der Waals surface area contributed by atoms with Crippen molar-refractivity contribution < 1.29 is 4.79 Å². The Labute approximate surface area is 134 Å². The molecule has 5 heteroatoms. The molecule has 4 rings (SSSR count). The maximum atomic E-state index is 12.2. The minimum absolute atomic E-state index is 0.0344. The Bertz CT molecular complexity index is 714. The van der Waals surface area contributed by atoms with Gasteiger partial charge in [0, 0.05) is 17.8 Å². The second kappa shape index (κ2) is 5.88. The average molecular weight is 313 g/mol. The largest absolute Gasteiger partial charge is 0.355 e. The minimum atomic E-state index is -0.0344. The summed E-state index contributed by atoms with van der Waals surface area (Å²) >= 11 is 1.61. The predicted octanol–water partition coefficient (Wildman–Crippen LogP) is 3.27. The third-order valence-corrected chi connectivity index (χ3v) is 5.54. The van der Waals surface area contributed by atoms with Crippen LogP contribution in [0.5, 0.6) is 0 Å². The molecule has 1 N–H and O–H groups in total. The first kappa shape index (κ1) is 14.0. The van der Waals surface area contributed by atoms with E-state index >= 15 is 0 Å². The van der Waals surface area contributed by atoms with Crippen LogP contribution in [0.1, 0.15) is 43.8 Å². The van der Waals surface area contributed by atoms with Gasteiger partial charge < -0.3 is 5.32 Å². The number of rotatable bonds is 3. The lowest BCUT2D eigenvalue weighted by Crippen LogP contribution is -2.30. The van der Waals surface area contributed by atoms with Gasteiger partial charge in [0.25, 0.3) is 0 Å². The van der Waals surface area contributed by atoms with Crippen molar-refractivity contribution in [1.29, 1.82) is 0 Å². The SMILES string of the molecule is O=C1NCCCC[C@H]1Sc1nc(C2CC2)nc2ccccc12. The van der Waals surface area contributed by atoms with E-state index in [0.29, 0.717) is 5.92 Å². The van der Waals surface area contributed by atoms with Crippen molar-refractivity contribution in [1.82, 2.24) is 15.3 Å². The summed E-state index contributed by atoms with van der Waals surface area (Å²) in [4.78, 5) is 21.7. The molecule has 1 aromatic carbocycles. The topological polar surface area (TPSA) is 54.9 Å². The van der Waals surface area contributed by atoms with Crippen LogP contribution in [-0.4, -0.2) is 27.7 Å². The number of aromatic nitrogens is 2. The first-order valence-corrected chi connectivity index (χ1v) is 8.90. The third kappa shape index (κ3) is 2.82. The normalized spacial score (nSPS) is 22.4. The average Bonchev–Trinajstić information content (AvgIpc) is 3.37. The number of amides is 1. The van der Waals surface area contributed by atoms with Crippen LogP contribution < -0.4 is 5.32 Å². The van der Waals surface area contributed by atoms with Gasteiger partial charge >= 0.3 is 0 Å². The van der Waals surface area contributed by atoms with Gasteiger partial charge in [-0.1, -0.05) is 36.4 Å². The van der Waals surface area contributed by atoms with Crippen molar-refractivity contribution >= 4 is 28.6 Å². The number of fused-ring (bicyclic) bond motifs is 1. The lowest BCUT2D eigenvalue weighted by molar-refractivity contribution is -0.120. The van der Waals surface area contributed by atoms with E-state index in [9.17, 15) is 4.79 Å². The molecule has 2 fully saturated rings. The van der Waals surface area contributed by atoms with Crippen LogP contribution in [0.4, 0.5) is 0 Å². The van der Waals surface area contributed by atoms with Crippen LogP contribution in [0.3, 0.4) is 0 Å². The molecule has 0 unspecified atom stereocenters. The molecule has 0 spiro atoms. The Balaban J connectivity index is 1.71. The molecule has 1 aromatic heterocycles.